The average Bonchev–Trinajstić information content (AvgIpc) is 1.68. The molecular weight excluding hydrogens is 1700 g/mol. The van der Waals surface area contributed by atoms with Gasteiger partial charge in [-0.1, -0.05) is 206 Å². The zero-order valence-electron chi connectivity index (χ0n) is 84.7. The second-order valence-corrected chi connectivity index (χ2v) is 39.7. The number of benzene rings is 2. The minimum absolute atomic E-state index is 0.00426. The smallest absolute Gasteiger partial charge is 0.376 e. The van der Waals surface area contributed by atoms with E-state index in [1.165, 1.54) is 54.9 Å². The molecule has 13 N–H and O–H groups in total. The Morgan fingerprint density at radius 2 is 0.871 bits per heavy atom. The quantitative estimate of drug-likeness (QED) is 0.0179. The number of amides is 7. The number of likely N-dealkylation sites (tertiary alicyclic amines) is 3. The lowest BCUT2D eigenvalue weighted by Gasteiger charge is -2.41. The van der Waals surface area contributed by atoms with Crippen LogP contribution in [-0.2, 0) is 96.8 Å². The van der Waals surface area contributed by atoms with Gasteiger partial charge in [0.1, 0.15) is 60.1 Å². The van der Waals surface area contributed by atoms with Crippen LogP contribution < -0.4 is 38.1 Å². The van der Waals surface area contributed by atoms with Crippen molar-refractivity contribution in [3.05, 3.63) is 71.8 Å². The number of esters is 4. The molecule has 744 valence electrons. The number of carboxylic acids is 3. The maximum atomic E-state index is 14.0. The first-order chi connectivity index (χ1) is 60.7. The summed E-state index contributed by atoms with van der Waals surface area (Å²) in [7, 11) is 22.6. The predicted octanol–water partition coefficient (Wildman–Crippen LogP) is 5.98. The van der Waals surface area contributed by atoms with E-state index in [1.54, 1.807) is 86.5 Å². The largest absolute Gasteiger partial charge is 0.481 e. The van der Waals surface area contributed by atoms with E-state index in [-0.39, 0.29) is 83.1 Å². The number of hydrogen-bond donors (Lipinski definition) is 11. The molecule has 0 bridgehead atoms. The van der Waals surface area contributed by atoms with Crippen LogP contribution >= 0.6 is 0 Å². The number of carboxylic acid groups (broad SMARTS) is 3. The van der Waals surface area contributed by atoms with Crippen molar-refractivity contribution in [3.8, 4) is 0 Å². The third kappa shape index (κ3) is 36.3. The molecule has 0 spiro atoms. The van der Waals surface area contributed by atoms with Crippen LogP contribution in [0, 0.1) is 45.8 Å². The Hall–Kier alpha value is -9.11. The molecule has 2 aromatic rings. The van der Waals surface area contributed by atoms with Crippen molar-refractivity contribution in [2.45, 2.75) is 300 Å². The number of methoxy groups -OCH3 is 4. The number of ether oxygens (including phenoxy) is 4. The third-order valence-corrected chi connectivity index (χ3v) is 24.1. The van der Waals surface area contributed by atoms with E-state index in [0.29, 0.717) is 45.3 Å². The molecule has 7 amide bonds. The number of rotatable bonds is 31. The Bertz CT molecular complexity index is 4010. The molecule has 4 saturated heterocycles. The number of nitrogens with one attached hydrogen (secondary N) is 5. The predicted molar refractivity (Wildman–Crippen MR) is 508 cm³/mol. The number of nitrogens with zero attached hydrogens (tertiary/aromatic N) is 6. The standard InChI is InChI=1S/C30H48N4O5.C18H33N3O4.C13H20BNO3.C12H22N2O3.C7H12BNO3.C7H14BNO3.C6H11NO2/c1-19(2)22(26(36)34-18-14-17-21(34)28(38)39-10)33(9)27(37)24(29(3,4)5)32-25(35)23(31-8)30(6,7)20-15-12-11-13-16-20;1-11(2)13(20(6)16(23)14(19)18(3,4)5)15(22)21-10-8-9-12(21)17(24)25-7;1-13(2,10-8-6-5-7-9-10)11(12(16)17)15(4)14(3)18;1-8(2)10(13-3)11(15)14-7-5-6-9(14)12(16)17-4;1-7(2,3)4(5(10)11)9-6(8)12;1-4(2)5(6(10)11)7(3,9)12-8;1-9-6(8)5-3-2-4-7-5/h11-13,15-16,19,21-24,31H,14,17-18H2,1-10H3,(H,32,35);11-14H,8-10,19H2,1-7H3;5-9,11,18H,1-4H3,(H,16,17);8-10,13H,5-7H2,1-4H3;4H,1-3H3,(H,9,12)(H,10,11);4-5H,9H2,1-3H3,(H,10,11);5,7H,2-4H2,1H3/t21-,22-,23+,24+;12-,13-,14+;11-;9-,10-;4-;5-,7?;5-/m0010100/s1. The van der Waals surface area contributed by atoms with Gasteiger partial charge in [0.2, 0.25) is 43.3 Å². The molecule has 0 aromatic heterocycles. The third-order valence-electron chi connectivity index (χ3n) is 24.1. The molecule has 4 heterocycles. The number of carbonyl (C=O) groups is 14. The van der Waals surface area contributed by atoms with Gasteiger partial charge in [0.15, 0.2) is 5.81 Å². The van der Waals surface area contributed by atoms with Crippen molar-refractivity contribution in [3.63, 3.8) is 0 Å². The lowest BCUT2D eigenvalue weighted by Crippen LogP contribution is -2.63. The van der Waals surface area contributed by atoms with E-state index < -0.39 is 142 Å². The summed E-state index contributed by atoms with van der Waals surface area (Å²) in [6, 6.07) is 12.0. The second-order valence-electron chi connectivity index (χ2n) is 39.7. The van der Waals surface area contributed by atoms with Crippen LogP contribution in [0.1, 0.15) is 215 Å². The lowest BCUT2D eigenvalue weighted by molar-refractivity contribution is -0.156. The van der Waals surface area contributed by atoms with Gasteiger partial charge in [-0.05, 0) is 144 Å². The van der Waals surface area contributed by atoms with Crippen LogP contribution in [0.3, 0.4) is 0 Å². The minimum atomic E-state index is -1.32. The van der Waals surface area contributed by atoms with Crippen LogP contribution in [0.15, 0.2) is 60.7 Å². The summed E-state index contributed by atoms with van der Waals surface area (Å²) in [4.78, 5) is 179. The van der Waals surface area contributed by atoms with Crippen molar-refractivity contribution in [1.82, 2.24) is 55.9 Å². The van der Waals surface area contributed by atoms with Crippen molar-refractivity contribution in [1.29, 1.82) is 0 Å². The van der Waals surface area contributed by atoms with Gasteiger partial charge in [0, 0.05) is 44.6 Å². The number of aliphatic carboxylic acids is 3. The van der Waals surface area contributed by atoms with Crippen molar-refractivity contribution < 1.29 is 111 Å². The maximum Gasteiger partial charge on any atom is 0.376 e. The zero-order chi connectivity index (χ0) is 103. The molecule has 4 fully saturated rings. The van der Waals surface area contributed by atoms with Gasteiger partial charge < -0.3 is 111 Å². The Morgan fingerprint density at radius 3 is 1.14 bits per heavy atom. The SMILES string of the molecule is CB(O)N(C)[C@H](C(=O)O)C(C)(C)c1ccccc1.CN[C@H](C(=O)N1CCC[C@H]1C(=O)OC)C(C)C.CN[C@H](C(=O)N[C@H](C(=O)N(C)[C@H](C(=O)N1CCC[C@H]1C(=O)OC)C(C)C)C(C)(C)C)C(C)(C)c1ccccc1.COC(=O)[C@@H]1CCCN1.COC(=O)[C@@H]1CCCN1C(=O)[C@H](C(C)C)N(C)C(=O)[C@@H](N)C(C)(C)C.[B]C(=O)N[C@H](C(=O)O)C(C)(C)C.[B]OC(C)(N)[C@H](C(=O)O)C(C)C. The fraction of sp³-hybridized carbons (Fsp3) is 0.720. The number of carbonyl (C=O) groups excluding carboxylic acids is 11. The molecule has 0 aliphatic carbocycles. The van der Waals surface area contributed by atoms with Crippen LogP contribution in [0.2, 0.25) is 6.82 Å². The molecule has 0 saturated carbocycles. The maximum absolute atomic E-state index is 14.0. The van der Waals surface area contributed by atoms with E-state index in [1.807, 2.05) is 171 Å². The highest BCUT2D eigenvalue weighted by atomic mass is 16.5. The molecule has 132 heavy (non-hydrogen) atoms. The Balaban J connectivity index is 0.00000161. The highest BCUT2D eigenvalue weighted by molar-refractivity contribution is 6.57. The Kier molecular flexibility index (Phi) is 51.8. The van der Waals surface area contributed by atoms with Crippen molar-refractivity contribution in [2.75, 3.05) is 89.9 Å². The van der Waals surface area contributed by atoms with Gasteiger partial charge in [-0.15, -0.1) is 0 Å². The molecule has 4 aliphatic heterocycles. The van der Waals surface area contributed by atoms with Gasteiger partial charge >= 0.3 is 48.8 Å². The first-order valence-corrected chi connectivity index (χ1v) is 45.1. The fourth-order valence-corrected chi connectivity index (χ4v) is 16.4. The summed E-state index contributed by atoms with van der Waals surface area (Å²) >= 11 is 0. The number of hydrogen-bond acceptors (Lipinski definition) is 26. The first kappa shape index (κ1) is 123. The zero-order valence-corrected chi connectivity index (χ0v) is 84.7. The van der Waals surface area contributed by atoms with Crippen LogP contribution in [0.25, 0.3) is 0 Å². The highest BCUT2D eigenvalue weighted by Gasteiger charge is 2.49. The summed E-state index contributed by atoms with van der Waals surface area (Å²) in [5.74, 6) is -7.63. The van der Waals surface area contributed by atoms with Gasteiger partial charge in [-0.2, -0.15) is 0 Å². The van der Waals surface area contributed by atoms with Gasteiger partial charge in [0.25, 0.3) is 8.05 Å². The van der Waals surface area contributed by atoms with E-state index in [9.17, 15) is 77.3 Å². The van der Waals surface area contributed by atoms with Crippen molar-refractivity contribution in [2.24, 2.45) is 57.3 Å². The topological polar surface area (TPSA) is 498 Å². The number of likely N-dealkylation sites (N-methyl/N-ethyl adjacent to an activating group) is 5. The van der Waals surface area contributed by atoms with Crippen LogP contribution in [-0.4, -0.2) is 324 Å². The summed E-state index contributed by atoms with van der Waals surface area (Å²) in [6.07, 6.45) is 6.12. The first-order valence-electron chi connectivity index (χ1n) is 45.1. The fourth-order valence-electron chi connectivity index (χ4n) is 16.4. The van der Waals surface area contributed by atoms with E-state index in [0.717, 1.165) is 43.4 Å². The van der Waals surface area contributed by atoms with Gasteiger partial charge in [-0.25, -0.2) is 19.2 Å². The van der Waals surface area contributed by atoms with E-state index in [2.05, 4.69) is 36.0 Å². The van der Waals surface area contributed by atoms with Crippen molar-refractivity contribution >= 4 is 106 Å². The molecule has 39 heteroatoms. The average molecular weight is 1860 g/mol. The van der Waals surface area contributed by atoms with Crippen LogP contribution in [0.4, 0.5) is 4.79 Å². The lowest BCUT2D eigenvalue weighted by atomic mass is 9.72. The van der Waals surface area contributed by atoms with Gasteiger partial charge in [0.05, 0.1) is 52.5 Å². The summed E-state index contributed by atoms with van der Waals surface area (Å²) in [5.41, 5.74) is 9.49. The molecule has 6 rings (SSSR count). The summed E-state index contributed by atoms with van der Waals surface area (Å²) in [5, 5.41) is 50.9. The highest BCUT2D eigenvalue weighted by Crippen LogP contribution is 2.34. The molecule has 1 unspecified atom stereocenters. The Labute approximate surface area is 787 Å². The van der Waals surface area contributed by atoms with E-state index in [4.69, 9.17) is 51.8 Å². The van der Waals surface area contributed by atoms with Gasteiger partial charge in [-0.3, -0.25) is 47.9 Å². The van der Waals surface area contributed by atoms with Crippen LogP contribution in [0.5, 0.6) is 0 Å². The molecule has 14 atom stereocenters. The molecule has 2 aromatic carbocycles. The molecule has 36 nitrogen and oxygen atoms in total. The minimum Gasteiger partial charge on any atom is -0.481 e. The summed E-state index contributed by atoms with van der Waals surface area (Å²) in [6.45, 7) is 44.7. The summed E-state index contributed by atoms with van der Waals surface area (Å²) < 4.78 is 23.4. The number of nitrogens with two attached hydrogens (primary N) is 2. The molecule has 4 radical (unpaired) electrons. The normalized spacial score (nSPS) is 18.6. The Morgan fingerprint density at radius 1 is 0.492 bits per heavy atom. The molecular formula is C93H160B3N13O23. The van der Waals surface area contributed by atoms with E-state index >= 15 is 0 Å². The monoisotopic (exact) mass is 1860 g/mol. The molecule has 4 aliphatic rings. The second kappa shape index (κ2) is 55.7.